The second-order valence-electron chi connectivity index (χ2n) is 5.57. The smallest absolute Gasteiger partial charge is 0.335 e. The van der Waals surface area contributed by atoms with Gasteiger partial charge in [-0.3, -0.25) is 0 Å². The van der Waals surface area contributed by atoms with Gasteiger partial charge in [-0.15, -0.1) is 0 Å². The summed E-state index contributed by atoms with van der Waals surface area (Å²) in [5.41, 5.74) is 0.831. The van der Waals surface area contributed by atoms with Crippen molar-refractivity contribution in [3.63, 3.8) is 0 Å². The summed E-state index contributed by atoms with van der Waals surface area (Å²) in [6, 6.07) is 2.57. The average Bonchev–Trinajstić information content (AvgIpc) is 2.67. The van der Waals surface area contributed by atoms with Crippen LogP contribution in [0.5, 0.6) is 0 Å². The Morgan fingerprint density at radius 2 is 1.25 bits per heavy atom. The topological polar surface area (TPSA) is 152 Å². The highest BCUT2D eigenvalue weighted by molar-refractivity contribution is 5.95. The van der Waals surface area contributed by atoms with Gasteiger partial charge in [0, 0.05) is 0 Å². The highest BCUT2D eigenvalue weighted by Gasteiger charge is 2.18. The zero-order chi connectivity index (χ0) is 20.8. The Labute approximate surface area is 162 Å². The van der Waals surface area contributed by atoms with E-state index in [2.05, 4.69) is 0 Å². The Morgan fingerprint density at radius 1 is 0.714 bits per heavy atom. The first-order valence-electron chi connectivity index (χ1n) is 8.66. The molecule has 10 heteroatoms. The lowest BCUT2D eigenvalue weighted by atomic mass is 9.93. The Bertz CT molecular complexity index is 617. The van der Waals surface area contributed by atoms with E-state index < -0.39 is 25.5 Å². The number of carbonyl (C=O) groups is 2. The first-order chi connectivity index (χ1) is 13.5. The Balaban J connectivity index is 2.84. The van der Waals surface area contributed by atoms with Crippen molar-refractivity contribution in [2.45, 2.75) is 12.8 Å². The van der Waals surface area contributed by atoms with Crippen LogP contribution in [-0.2, 0) is 31.8 Å². The fourth-order valence-electron chi connectivity index (χ4n) is 2.49. The summed E-state index contributed by atoms with van der Waals surface area (Å²) in [5, 5.41) is 35.8. The van der Waals surface area contributed by atoms with Gasteiger partial charge in [-0.05, 0) is 36.1 Å². The van der Waals surface area contributed by atoms with Crippen LogP contribution in [0.4, 0.5) is 0 Å². The standard InChI is InChI=1S/C18H26O10/c19-11-27-7-5-25-3-1-13-9-14(17(21)22)10-16(18(23)24)15(13)2-4-26-6-8-28-12-20/h9-10,19-20H,1-8,11-12H2,(H,21,22)(H,23,24). The lowest BCUT2D eigenvalue weighted by Crippen LogP contribution is -2.15. The molecular weight excluding hydrogens is 376 g/mol. The molecule has 28 heavy (non-hydrogen) atoms. The molecule has 0 radical (unpaired) electrons. The molecule has 4 N–H and O–H groups in total. The van der Waals surface area contributed by atoms with Crippen LogP contribution in [0.2, 0.25) is 0 Å². The molecule has 0 amide bonds. The number of carboxylic acid groups (broad SMARTS) is 2. The second kappa shape index (κ2) is 14.0. The second-order valence-corrected chi connectivity index (χ2v) is 5.57. The van der Waals surface area contributed by atoms with Crippen molar-refractivity contribution in [3.05, 3.63) is 34.4 Å². The zero-order valence-electron chi connectivity index (χ0n) is 15.5. The maximum Gasteiger partial charge on any atom is 0.335 e. The predicted molar refractivity (Wildman–Crippen MR) is 95.5 cm³/mol. The number of aliphatic hydroxyl groups excluding tert-OH is 2. The Morgan fingerprint density at radius 3 is 1.75 bits per heavy atom. The first-order valence-corrected chi connectivity index (χ1v) is 8.66. The minimum Gasteiger partial charge on any atom is -0.478 e. The molecule has 0 aliphatic heterocycles. The van der Waals surface area contributed by atoms with Crippen LogP contribution in [0.25, 0.3) is 0 Å². The number of hydrogen-bond donors (Lipinski definition) is 4. The molecule has 1 rings (SSSR count). The predicted octanol–water partition coefficient (Wildman–Crippen LogP) is 0.134. The Kier molecular flexibility index (Phi) is 12.0. The summed E-state index contributed by atoms with van der Waals surface area (Å²) < 4.78 is 20.2. The third kappa shape index (κ3) is 8.74. The number of benzene rings is 1. The molecule has 0 bridgehead atoms. The maximum absolute atomic E-state index is 11.6. The van der Waals surface area contributed by atoms with Crippen LogP contribution in [0, 0.1) is 0 Å². The van der Waals surface area contributed by atoms with Crippen LogP contribution < -0.4 is 0 Å². The van der Waals surface area contributed by atoms with E-state index in [-0.39, 0.29) is 57.2 Å². The van der Waals surface area contributed by atoms with Crippen molar-refractivity contribution in [2.24, 2.45) is 0 Å². The molecule has 0 saturated carbocycles. The number of aromatic carboxylic acids is 2. The van der Waals surface area contributed by atoms with E-state index in [1.807, 2.05) is 0 Å². The molecule has 1 aromatic carbocycles. The van der Waals surface area contributed by atoms with E-state index in [0.717, 1.165) is 6.07 Å². The molecule has 0 fully saturated rings. The van der Waals surface area contributed by atoms with Crippen molar-refractivity contribution in [3.8, 4) is 0 Å². The van der Waals surface area contributed by atoms with E-state index in [1.165, 1.54) is 6.07 Å². The molecule has 0 aliphatic rings. The zero-order valence-corrected chi connectivity index (χ0v) is 15.5. The molecule has 0 aromatic heterocycles. The molecule has 0 heterocycles. The normalized spacial score (nSPS) is 10.9. The third-order valence-corrected chi connectivity index (χ3v) is 3.76. The summed E-state index contributed by atoms with van der Waals surface area (Å²) in [7, 11) is 0. The highest BCUT2D eigenvalue weighted by Crippen LogP contribution is 2.20. The molecule has 0 spiro atoms. The van der Waals surface area contributed by atoms with Gasteiger partial charge >= 0.3 is 11.9 Å². The monoisotopic (exact) mass is 402 g/mol. The van der Waals surface area contributed by atoms with Gasteiger partial charge in [-0.2, -0.15) is 0 Å². The fraction of sp³-hybridized carbons (Fsp3) is 0.556. The van der Waals surface area contributed by atoms with Crippen molar-refractivity contribution >= 4 is 11.9 Å². The summed E-state index contributed by atoms with van der Waals surface area (Å²) >= 11 is 0. The lowest BCUT2D eigenvalue weighted by Gasteiger charge is -2.15. The molecule has 0 aliphatic carbocycles. The largest absolute Gasteiger partial charge is 0.478 e. The molecule has 1 aromatic rings. The van der Waals surface area contributed by atoms with Gasteiger partial charge in [0.15, 0.2) is 0 Å². The average molecular weight is 402 g/mol. The minimum absolute atomic E-state index is 0.0891. The molecular formula is C18H26O10. The van der Waals surface area contributed by atoms with Gasteiger partial charge < -0.3 is 39.4 Å². The third-order valence-electron chi connectivity index (χ3n) is 3.76. The quantitative estimate of drug-likeness (QED) is 0.222. The molecule has 0 saturated heterocycles. The highest BCUT2D eigenvalue weighted by atomic mass is 16.6. The molecule has 158 valence electrons. The molecule has 0 atom stereocenters. The lowest BCUT2D eigenvalue weighted by molar-refractivity contribution is -0.0292. The fourth-order valence-corrected chi connectivity index (χ4v) is 2.49. The van der Waals surface area contributed by atoms with Gasteiger partial charge in [0.25, 0.3) is 0 Å². The van der Waals surface area contributed by atoms with Gasteiger partial charge in [-0.1, -0.05) is 0 Å². The van der Waals surface area contributed by atoms with E-state index in [0.29, 0.717) is 17.5 Å². The van der Waals surface area contributed by atoms with E-state index in [9.17, 15) is 19.8 Å². The SMILES string of the molecule is O=C(O)c1cc(CCOCCOCO)c(CCOCCOCO)c(C(=O)O)c1. The van der Waals surface area contributed by atoms with Crippen LogP contribution >= 0.6 is 0 Å². The van der Waals surface area contributed by atoms with Crippen LogP contribution in [0.1, 0.15) is 31.8 Å². The van der Waals surface area contributed by atoms with Crippen LogP contribution in [0.15, 0.2) is 12.1 Å². The van der Waals surface area contributed by atoms with Gasteiger partial charge in [0.05, 0.1) is 50.8 Å². The summed E-state index contributed by atoms with van der Waals surface area (Å²) in [4.78, 5) is 22.9. The van der Waals surface area contributed by atoms with E-state index in [1.54, 1.807) is 0 Å². The summed E-state index contributed by atoms with van der Waals surface area (Å²) in [6.45, 7) is 0.526. The van der Waals surface area contributed by atoms with Crippen molar-refractivity contribution in [2.75, 3.05) is 53.2 Å². The van der Waals surface area contributed by atoms with Gasteiger partial charge in [-0.25, -0.2) is 9.59 Å². The number of hydrogen-bond acceptors (Lipinski definition) is 8. The van der Waals surface area contributed by atoms with Crippen molar-refractivity contribution < 1.29 is 49.0 Å². The summed E-state index contributed by atoms with van der Waals surface area (Å²) in [6.07, 6.45) is 0.576. The Hall–Kier alpha value is -2.08. The minimum atomic E-state index is -1.22. The number of ether oxygens (including phenoxy) is 4. The number of carboxylic acids is 2. The van der Waals surface area contributed by atoms with Crippen LogP contribution in [-0.4, -0.2) is 85.6 Å². The van der Waals surface area contributed by atoms with Crippen molar-refractivity contribution in [1.82, 2.24) is 0 Å². The molecule has 10 nitrogen and oxygen atoms in total. The first kappa shape index (κ1) is 24.0. The van der Waals surface area contributed by atoms with Gasteiger partial charge in [0.2, 0.25) is 0 Å². The maximum atomic E-state index is 11.6. The van der Waals surface area contributed by atoms with E-state index >= 15 is 0 Å². The number of rotatable bonds is 16. The van der Waals surface area contributed by atoms with Gasteiger partial charge in [0.1, 0.15) is 13.6 Å². The number of aliphatic hydroxyl groups is 2. The molecule has 0 unspecified atom stereocenters. The van der Waals surface area contributed by atoms with Crippen molar-refractivity contribution in [1.29, 1.82) is 0 Å². The van der Waals surface area contributed by atoms with Crippen LogP contribution in [0.3, 0.4) is 0 Å². The van der Waals surface area contributed by atoms with E-state index in [4.69, 9.17) is 29.2 Å². The summed E-state index contributed by atoms with van der Waals surface area (Å²) in [5.74, 6) is -2.44.